The van der Waals surface area contributed by atoms with Crippen LogP contribution in [0.1, 0.15) is 65.2 Å². The Bertz CT molecular complexity index is 1890. The van der Waals surface area contributed by atoms with Gasteiger partial charge in [0.05, 0.1) is 27.0 Å². The van der Waals surface area contributed by atoms with Crippen molar-refractivity contribution in [1.82, 2.24) is 25.6 Å². The Morgan fingerprint density at radius 3 is 2.50 bits per heavy atom. The van der Waals surface area contributed by atoms with Crippen molar-refractivity contribution in [3.63, 3.8) is 0 Å². The van der Waals surface area contributed by atoms with Crippen LogP contribution in [0.25, 0.3) is 0 Å². The molecule has 0 bridgehead atoms. The lowest BCUT2D eigenvalue weighted by Gasteiger charge is -2.14. The molecule has 0 unspecified atom stereocenters. The van der Waals surface area contributed by atoms with Gasteiger partial charge in [0.2, 0.25) is 0 Å². The molecular formula is C33H35ClN6O4S2. The third-order valence-electron chi connectivity index (χ3n) is 7.23. The van der Waals surface area contributed by atoms with Crippen LogP contribution in [0.2, 0.25) is 5.02 Å². The summed E-state index contributed by atoms with van der Waals surface area (Å²) in [6.45, 7) is 6.52. The molecule has 2 aromatic heterocycles. The highest BCUT2D eigenvalue weighted by Crippen LogP contribution is 2.29. The molecule has 0 saturated heterocycles. The maximum atomic E-state index is 13.5. The van der Waals surface area contributed by atoms with E-state index in [4.69, 9.17) is 21.3 Å². The number of anilines is 1. The summed E-state index contributed by atoms with van der Waals surface area (Å²) in [7, 11) is -3.47. The number of carbonyl (C=O) groups is 1. The maximum absolute atomic E-state index is 13.5. The number of ether oxygens (including phenoxy) is 1. The number of halogens is 1. The lowest BCUT2D eigenvalue weighted by molar-refractivity contribution is 0.102. The summed E-state index contributed by atoms with van der Waals surface area (Å²) in [5.74, 6) is 0.534. The number of rotatable bonds is 13. The van der Waals surface area contributed by atoms with Crippen LogP contribution in [-0.4, -0.2) is 45.7 Å². The molecule has 240 valence electrons. The van der Waals surface area contributed by atoms with E-state index >= 15 is 0 Å². The van der Waals surface area contributed by atoms with Gasteiger partial charge < -0.3 is 10.1 Å². The molecule has 0 aliphatic rings. The Morgan fingerprint density at radius 1 is 1.00 bits per heavy atom. The summed E-state index contributed by atoms with van der Waals surface area (Å²) in [6.07, 6.45) is 2.41. The highest BCUT2D eigenvalue weighted by molar-refractivity contribution is 7.91. The van der Waals surface area contributed by atoms with Gasteiger partial charge >= 0.3 is 0 Å². The molecule has 10 nitrogen and oxygen atoms in total. The number of H-pyrrole nitrogens is 1. The van der Waals surface area contributed by atoms with Crippen molar-refractivity contribution in [2.45, 2.75) is 63.4 Å². The number of tetrazole rings is 1. The molecule has 5 aromatic rings. The molecule has 0 aliphatic carbocycles. The van der Waals surface area contributed by atoms with Gasteiger partial charge in [-0.1, -0.05) is 50.6 Å². The van der Waals surface area contributed by atoms with Gasteiger partial charge in [-0.25, -0.2) is 18.5 Å². The Morgan fingerprint density at radius 2 is 1.78 bits per heavy atom. The van der Waals surface area contributed by atoms with Crippen molar-refractivity contribution in [3.05, 3.63) is 110 Å². The van der Waals surface area contributed by atoms with E-state index < -0.39 is 9.84 Å². The molecule has 0 atom stereocenters. The van der Waals surface area contributed by atoms with E-state index in [2.05, 4.69) is 52.1 Å². The number of sulfone groups is 1. The van der Waals surface area contributed by atoms with Crippen molar-refractivity contribution in [2.24, 2.45) is 0 Å². The van der Waals surface area contributed by atoms with E-state index in [1.807, 2.05) is 24.3 Å². The van der Waals surface area contributed by atoms with Crippen LogP contribution in [0.5, 0.6) is 5.75 Å². The van der Waals surface area contributed by atoms with Crippen molar-refractivity contribution >= 4 is 44.4 Å². The number of aromatic nitrogens is 5. The number of nitrogens with zero attached hydrogens (tertiary/aromatic N) is 4. The average Bonchev–Trinajstić information content (AvgIpc) is 3.73. The zero-order valence-electron chi connectivity index (χ0n) is 25.8. The first-order valence-electron chi connectivity index (χ1n) is 14.8. The molecule has 0 saturated carbocycles. The molecule has 0 radical (unpaired) electrons. The number of thiazole rings is 1. The number of carbonyl (C=O) groups excluding carboxylic acids is 1. The van der Waals surface area contributed by atoms with Gasteiger partial charge in [-0.05, 0) is 89.3 Å². The first kappa shape index (κ1) is 33.2. The second-order valence-electron chi connectivity index (χ2n) is 11.9. The first-order valence-corrected chi connectivity index (χ1v) is 17.7. The van der Waals surface area contributed by atoms with Crippen LogP contribution in [0.15, 0.2) is 77.0 Å². The minimum absolute atomic E-state index is 0.00741. The van der Waals surface area contributed by atoms with Crippen LogP contribution in [0.4, 0.5) is 5.69 Å². The molecular weight excluding hydrogens is 644 g/mol. The molecule has 2 heterocycles. The summed E-state index contributed by atoms with van der Waals surface area (Å²) in [5.41, 5.74) is 3.94. The fourth-order valence-electron chi connectivity index (χ4n) is 4.65. The number of benzene rings is 3. The van der Waals surface area contributed by atoms with Crippen LogP contribution in [0, 0.1) is 0 Å². The minimum atomic E-state index is -3.47. The molecule has 0 fully saturated rings. The number of hydrogen-bond donors (Lipinski definition) is 2. The Balaban J connectivity index is 1.27. The number of amides is 1. The first-order chi connectivity index (χ1) is 22.0. The summed E-state index contributed by atoms with van der Waals surface area (Å²) >= 11 is 7.57. The molecule has 3 aromatic carbocycles. The van der Waals surface area contributed by atoms with E-state index in [0.29, 0.717) is 40.7 Å². The standard InChI is InChI=1S/C33H35ClN6O4S2/c1-33(2,3)29-21-45-31(36-29)16-10-22-6-4-8-24(18-22)32(41)35-27-19-23(9-15-28(27)44-20-30-37-39-40-38-30)7-5-17-46(42,43)26-13-11-25(34)12-14-26/h4,6,8-9,11-15,18-19,21H,5,7,10,16-17,20H2,1-3H3,(H,35,41)(H,37,38,39,40). The second-order valence-corrected chi connectivity index (χ2v) is 15.4. The topological polar surface area (TPSA) is 140 Å². The monoisotopic (exact) mass is 678 g/mol. The molecule has 46 heavy (non-hydrogen) atoms. The van der Waals surface area contributed by atoms with Crippen molar-refractivity contribution in [1.29, 1.82) is 0 Å². The smallest absolute Gasteiger partial charge is 0.255 e. The summed E-state index contributed by atoms with van der Waals surface area (Å²) in [5, 5.41) is 20.3. The Hall–Kier alpha value is -4.13. The van der Waals surface area contributed by atoms with Crippen LogP contribution in [-0.2, 0) is 41.1 Å². The highest BCUT2D eigenvalue weighted by Gasteiger charge is 2.18. The van der Waals surface area contributed by atoms with Gasteiger partial charge in [-0.2, -0.15) is 0 Å². The quantitative estimate of drug-likeness (QED) is 0.141. The van der Waals surface area contributed by atoms with E-state index in [0.717, 1.165) is 34.7 Å². The summed E-state index contributed by atoms with van der Waals surface area (Å²) in [4.78, 5) is 18.5. The van der Waals surface area contributed by atoms with Gasteiger partial charge in [0.25, 0.3) is 5.91 Å². The average molecular weight is 679 g/mol. The van der Waals surface area contributed by atoms with Gasteiger partial charge in [-0.3, -0.25) is 4.79 Å². The molecule has 0 spiro atoms. The maximum Gasteiger partial charge on any atom is 0.255 e. The minimum Gasteiger partial charge on any atom is -0.483 e. The van der Waals surface area contributed by atoms with Gasteiger partial charge in [0, 0.05) is 27.8 Å². The predicted octanol–water partition coefficient (Wildman–Crippen LogP) is 6.63. The lowest BCUT2D eigenvalue weighted by Crippen LogP contribution is -2.14. The predicted molar refractivity (Wildman–Crippen MR) is 179 cm³/mol. The third-order valence-corrected chi connectivity index (χ3v) is 10.2. The van der Waals surface area contributed by atoms with Crippen molar-refractivity contribution in [3.8, 4) is 5.75 Å². The van der Waals surface area contributed by atoms with Gasteiger partial charge in [-0.15, -0.1) is 16.4 Å². The number of aromatic amines is 1. The third kappa shape index (κ3) is 8.99. The summed E-state index contributed by atoms with van der Waals surface area (Å²) in [6, 6.07) is 19.1. The zero-order chi connectivity index (χ0) is 32.7. The lowest BCUT2D eigenvalue weighted by atomic mass is 9.93. The fourth-order valence-corrected chi connectivity index (χ4v) is 7.11. The highest BCUT2D eigenvalue weighted by atomic mass is 35.5. The van der Waals surface area contributed by atoms with Crippen molar-refractivity contribution in [2.75, 3.05) is 11.1 Å². The largest absolute Gasteiger partial charge is 0.483 e. The number of aryl methyl sites for hydroxylation is 3. The van der Waals surface area contributed by atoms with Gasteiger partial charge in [0.15, 0.2) is 15.7 Å². The molecule has 1 amide bonds. The molecule has 2 N–H and O–H groups in total. The van der Waals surface area contributed by atoms with E-state index in [9.17, 15) is 13.2 Å². The fraction of sp³-hybridized carbons (Fsp3) is 0.303. The van der Waals surface area contributed by atoms with Crippen LogP contribution in [0.3, 0.4) is 0 Å². The number of nitrogens with one attached hydrogen (secondary N) is 2. The van der Waals surface area contributed by atoms with Crippen LogP contribution >= 0.6 is 22.9 Å². The van der Waals surface area contributed by atoms with E-state index in [-0.39, 0.29) is 28.6 Å². The Labute approximate surface area is 277 Å². The molecule has 5 rings (SSSR count). The Kier molecular flexibility index (Phi) is 10.5. The van der Waals surface area contributed by atoms with E-state index in [1.165, 1.54) is 12.1 Å². The molecule has 13 heteroatoms. The van der Waals surface area contributed by atoms with Crippen molar-refractivity contribution < 1.29 is 17.9 Å². The number of hydrogen-bond acceptors (Lipinski definition) is 9. The second kappa shape index (κ2) is 14.5. The normalized spacial score (nSPS) is 11.8. The van der Waals surface area contributed by atoms with Crippen LogP contribution < -0.4 is 10.1 Å². The summed E-state index contributed by atoms with van der Waals surface area (Å²) < 4.78 is 31.6. The van der Waals surface area contributed by atoms with Gasteiger partial charge in [0.1, 0.15) is 12.4 Å². The molecule has 0 aliphatic heterocycles. The van der Waals surface area contributed by atoms with E-state index in [1.54, 1.807) is 41.7 Å². The SMILES string of the molecule is CC(C)(C)c1csc(CCc2cccc(C(=O)Nc3cc(CCCS(=O)(=O)c4ccc(Cl)cc4)ccc3OCc3nnn[nH]3)c2)n1. The zero-order valence-corrected chi connectivity index (χ0v) is 28.2.